The van der Waals surface area contributed by atoms with E-state index >= 15 is 0 Å². The van der Waals surface area contributed by atoms with E-state index in [9.17, 15) is 9.59 Å². The highest BCUT2D eigenvalue weighted by atomic mass is 16.6. The Hall–Kier alpha value is -2.34. The molecule has 140 valence electrons. The van der Waals surface area contributed by atoms with Gasteiger partial charge in [0.15, 0.2) is 6.10 Å². The van der Waals surface area contributed by atoms with Gasteiger partial charge in [-0.25, -0.2) is 4.79 Å². The van der Waals surface area contributed by atoms with Gasteiger partial charge in [-0.3, -0.25) is 4.79 Å². The predicted molar refractivity (Wildman–Crippen MR) is 96.6 cm³/mol. The van der Waals surface area contributed by atoms with Crippen molar-refractivity contribution >= 4 is 18.0 Å². The third-order valence-electron chi connectivity index (χ3n) is 4.52. The molecule has 0 bridgehead atoms. The summed E-state index contributed by atoms with van der Waals surface area (Å²) in [5, 5.41) is 2.84. The number of para-hydroxylation sites is 1. The molecule has 0 aliphatic carbocycles. The first-order valence-electron chi connectivity index (χ1n) is 9.07. The first kappa shape index (κ1) is 18.5. The van der Waals surface area contributed by atoms with Gasteiger partial charge in [0, 0.05) is 18.7 Å². The van der Waals surface area contributed by atoms with Crippen LogP contribution in [0.2, 0.25) is 0 Å². The van der Waals surface area contributed by atoms with Crippen LogP contribution in [0.5, 0.6) is 5.75 Å². The fourth-order valence-electron chi connectivity index (χ4n) is 3.04. The first-order valence-corrected chi connectivity index (χ1v) is 9.07. The van der Waals surface area contributed by atoms with Crippen LogP contribution in [0.15, 0.2) is 29.8 Å². The van der Waals surface area contributed by atoms with Crippen LogP contribution >= 0.6 is 0 Å². The van der Waals surface area contributed by atoms with Crippen molar-refractivity contribution in [2.24, 2.45) is 5.92 Å². The Bertz CT molecular complexity index is 691. The normalized spacial score (nSPS) is 20.0. The molecule has 2 aliphatic rings. The van der Waals surface area contributed by atoms with Gasteiger partial charge in [-0.15, -0.1) is 0 Å². The summed E-state index contributed by atoms with van der Waals surface area (Å²) in [6.07, 6.45) is 2.91. The van der Waals surface area contributed by atoms with Crippen LogP contribution in [0.25, 0.3) is 6.08 Å². The molecule has 1 aromatic rings. The van der Waals surface area contributed by atoms with E-state index in [1.807, 2.05) is 38.1 Å². The molecule has 0 aromatic heterocycles. The summed E-state index contributed by atoms with van der Waals surface area (Å²) in [5.74, 6) is -0.216. The minimum absolute atomic E-state index is 0.0495. The Balaban J connectivity index is 1.61. The molecule has 0 unspecified atom stereocenters. The molecule has 2 heterocycles. The lowest BCUT2D eigenvalue weighted by Gasteiger charge is -2.23. The standard InChI is InChI=1S/C20H25NO5/c1-13(2)18(19(22)21-11-16-7-5-9-24-16)26-20(23)15-10-14-6-3-4-8-17(14)25-12-15/h3-4,6,8,10,13,16,18H,5,7,9,11-12H2,1-2H3,(H,21,22)/t16-,18+/m0/s1. The van der Waals surface area contributed by atoms with Gasteiger partial charge in [0.25, 0.3) is 5.91 Å². The monoisotopic (exact) mass is 359 g/mol. The highest BCUT2D eigenvalue weighted by Gasteiger charge is 2.29. The van der Waals surface area contributed by atoms with Crippen molar-refractivity contribution in [3.8, 4) is 5.75 Å². The number of esters is 1. The maximum atomic E-state index is 12.5. The summed E-state index contributed by atoms with van der Waals surface area (Å²) in [6.45, 7) is 5.02. The number of nitrogens with one attached hydrogen (secondary N) is 1. The number of amides is 1. The highest BCUT2D eigenvalue weighted by molar-refractivity contribution is 5.97. The largest absolute Gasteiger partial charge is 0.488 e. The molecule has 0 saturated carbocycles. The number of ether oxygens (including phenoxy) is 3. The van der Waals surface area contributed by atoms with Crippen molar-refractivity contribution in [3.05, 3.63) is 35.4 Å². The average Bonchev–Trinajstić information content (AvgIpc) is 3.17. The summed E-state index contributed by atoms with van der Waals surface area (Å²) in [6, 6.07) is 7.48. The molecule has 3 rings (SSSR count). The van der Waals surface area contributed by atoms with Crippen LogP contribution in [0.4, 0.5) is 0 Å². The Labute approximate surface area is 153 Å². The smallest absolute Gasteiger partial charge is 0.338 e. The van der Waals surface area contributed by atoms with Gasteiger partial charge in [0.05, 0.1) is 11.7 Å². The van der Waals surface area contributed by atoms with E-state index < -0.39 is 12.1 Å². The lowest BCUT2D eigenvalue weighted by atomic mass is 10.1. The van der Waals surface area contributed by atoms with E-state index in [0.29, 0.717) is 12.1 Å². The SMILES string of the molecule is CC(C)[C@@H](OC(=O)C1=Cc2ccccc2OC1)C(=O)NC[C@@H]1CCCO1. The summed E-state index contributed by atoms with van der Waals surface area (Å²) >= 11 is 0. The summed E-state index contributed by atoms with van der Waals surface area (Å²) < 4.78 is 16.6. The molecule has 6 nitrogen and oxygen atoms in total. The zero-order chi connectivity index (χ0) is 18.5. The first-order chi connectivity index (χ1) is 12.5. The summed E-state index contributed by atoms with van der Waals surface area (Å²) in [5.41, 5.74) is 1.23. The lowest BCUT2D eigenvalue weighted by Crippen LogP contribution is -2.44. The number of carbonyl (C=O) groups excluding carboxylic acids is 2. The molecule has 1 fully saturated rings. The molecular formula is C20H25NO5. The topological polar surface area (TPSA) is 73.9 Å². The van der Waals surface area contributed by atoms with Crippen LogP contribution in [-0.2, 0) is 19.1 Å². The molecule has 1 amide bonds. The zero-order valence-electron chi connectivity index (χ0n) is 15.2. The molecule has 2 atom stereocenters. The van der Waals surface area contributed by atoms with E-state index in [2.05, 4.69) is 5.32 Å². The number of hydrogen-bond donors (Lipinski definition) is 1. The second kappa shape index (κ2) is 8.36. The summed E-state index contributed by atoms with van der Waals surface area (Å²) in [7, 11) is 0. The molecule has 1 N–H and O–H groups in total. The molecule has 0 spiro atoms. The fraction of sp³-hybridized carbons (Fsp3) is 0.500. The van der Waals surface area contributed by atoms with Gasteiger partial charge in [-0.1, -0.05) is 32.0 Å². The minimum Gasteiger partial charge on any atom is -0.488 e. The van der Waals surface area contributed by atoms with Crippen LogP contribution < -0.4 is 10.1 Å². The molecule has 6 heteroatoms. The quantitative estimate of drug-likeness (QED) is 0.789. The number of rotatable bonds is 6. The molecular weight excluding hydrogens is 334 g/mol. The second-order valence-corrected chi connectivity index (χ2v) is 6.95. The van der Waals surface area contributed by atoms with Crippen molar-refractivity contribution in [1.82, 2.24) is 5.32 Å². The van der Waals surface area contributed by atoms with Crippen LogP contribution in [-0.4, -0.2) is 43.8 Å². The molecule has 0 radical (unpaired) electrons. The van der Waals surface area contributed by atoms with E-state index in [-0.39, 0.29) is 24.5 Å². The number of carbonyl (C=O) groups is 2. The number of benzene rings is 1. The Kier molecular flexibility index (Phi) is 5.93. The highest BCUT2D eigenvalue weighted by Crippen LogP contribution is 2.26. The van der Waals surface area contributed by atoms with Crippen LogP contribution in [0.1, 0.15) is 32.3 Å². The predicted octanol–water partition coefficient (Wildman–Crippen LogP) is 2.33. The van der Waals surface area contributed by atoms with Gasteiger partial charge in [-0.05, 0) is 30.9 Å². The number of hydrogen-bond acceptors (Lipinski definition) is 5. The fourth-order valence-corrected chi connectivity index (χ4v) is 3.04. The van der Waals surface area contributed by atoms with Crippen LogP contribution in [0.3, 0.4) is 0 Å². The average molecular weight is 359 g/mol. The van der Waals surface area contributed by atoms with Gasteiger partial charge >= 0.3 is 5.97 Å². The van der Waals surface area contributed by atoms with Crippen molar-refractivity contribution < 1.29 is 23.8 Å². The van der Waals surface area contributed by atoms with Crippen LogP contribution in [0, 0.1) is 5.92 Å². The molecule has 1 saturated heterocycles. The maximum absolute atomic E-state index is 12.5. The van der Waals surface area contributed by atoms with Gasteiger partial charge < -0.3 is 19.5 Å². The third-order valence-corrected chi connectivity index (χ3v) is 4.52. The summed E-state index contributed by atoms with van der Waals surface area (Å²) in [4.78, 5) is 25.0. The second-order valence-electron chi connectivity index (χ2n) is 6.95. The Morgan fingerprint density at radius 3 is 2.85 bits per heavy atom. The van der Waals surface area contributed by atoms with Crippen molar-refractivity contribution in [1.29, 1.82) is 0 Å². The maximum Gasteiger partial charge on any atom is 0.338 e. The van der Waals surface area contributed by atoms with E-state index in [4.69, 9.17) is 14.2 Å². The molecule has 2 aliphatic heterocycles. The van der Waals surface area contributed by atoms with E-state index in [1.54, 1.807) is 6.08 Å². The van der Waals surface area contributed by atoms with Gasteiger partial charge in [-0.2, -0.15) is 0 Å². The zero-order valence-corrected chi connectivity index (χ0v) is 15.2. The molecule has 1 aromatic carbocycles. The minimum atomic E-state index is -0.845. The Morgan fingerprint density at radius 1 is 1.31 bits per heavy atom. The van der Waals surface area contributed by atoms with Crippen molar-refractivity contribution in [2.45, 2.75) is 38.9 Å². The van der Waals surface area contributed by atoms with Gasteiger partial charge in [0.2, 0.25) is 0 Å². The molecule has 26 heavy (non-hydrogen) atoms. The lowest BCUT2D eigenvalue weighted by molar-refractivity contribution is -0.155. The van der Waals surface area contributed by atoms with Crippen molar-refractivity contribution in [3.63, 3.8) is 0 Å². The Morgan fingerprint density at radius 2 is 2.12 bits per heavy atom. The number of fused-ring (bicyclic) bond motifs is 1. The van der Waals surface area contributed by atoms with Crippen molar-refractivity contribution in [2.75, 3.05) is 19.8 Å². The van der Waals surface area contributed by atoms with E-state index in [1.165, 1.54) is 0 Å². The third kappa shape index (κ3) is 4.43. The van der Waals surface area contributed by atoms with Gasteiger partial charge in [0.1, 0.15) is 12.4 Å². The van der Waals surface area contributed by atoms with E-state index in [0.717, 1.165) is 30.8 Å².